The lowest BCUT2D eigenvalue weighted by Crippen LogP contribution is -2.15. The Bertz CT molecular complexity index is 1060. The van der Waals surface area contributed by atoms with Crippen molar-refractivity contribution in [3.8, 4) is 0 Å². The number of carbonyl (C=O) groups is 1. The maximum atomic E-state index is 12.0. The van der Waals surface area contributed by atoms with Gasteiger partial charge in [-0.2, -0.15) is 0 Å². The van der Waals surface area contributed by atoms with E-state index in [2.05, 4.69) is 24.3 Å². The topological polar surface area (TPSA) is 37.3 Å². The van der Waals surface area contributed by atoms with Gasteiger partial charge < -0.3 is 5.11 Å². The van der Waals surface area contributed by atoms with Gasteiger partial charge in [0.15, 0.2) is 0 Å². The Hall–Kier alpha value is -3.13. The van der Waals surface area contributed by atoms with Gasteiger partial charge in [0, 0.05) is 0 Å². The van der Waals surface area contributed by atoms with Gasteiger partial charge in [-0.25, -0.2) is 0 Å². The smallest absolute Gasteiger partial charge is 0.311 e. The first-order chi connectivity index (χ1) is 12.2. The highest BCUT2D eigenvalue weighted by molar-refractivity contribution is 5.91. The maximum absolute atomic E-state index is 12.0. The fraction of sp³-hybridized carbons (Fsp3) is 0.0870. The molecule has 0 fully saturated rings. The number of benzene rings is 4. The molecule has 4 rings (SSSR count). The van der Waals surface area contributed by atoms with Crippen LogP contribution in [0.25, 0.3) is 21.5 Å². The van der Waals surface area contributed by atoms with Crippen LogP contribution in [0.1, 0.15) is 17.0 Å². The molecule has 0 saturated carbocycles. The zero-order valence-corrected chi connectivity index (χ0v) is 13.7. The standard InChI is InChI=1S/C23H18O2/c24-23(25)22(21-11-5-9-18-7-3-4-10-20(18)21)15-16-12-13-17-6-1-2-8-19(17)14-16/h1-14,22H,15H2,(H,24,25). The van der Waals surface area contributed by atoms with Gasteiger partial charge in [-0.05, 0) is 39.1 Å². The average molecular weight is 326 g/mol. The van der Waals surface area contributed by atoms with Crippen LogP contribution in [0.4, 0.5) is 0 Å². The monoisotopic (exact) mass is 326 g/mol. The Morgan fingerprint density at radius 3 is 2.24 bits per heavy atom. The van der Waals surface area contributed by atoms with Crippen LogP contribution in [0.2, 0.25) is 0 Å². The van der Waals surface area contributed by atoms with Gasteiger partial charge in [-0.3, -0.25) is 4.79 Å². The molecule has 4 aromatic rings. The average Bonchev–Trinajstić information content (AvgIpc) is 2.65. The quantitative estimate of drug-likeness (QED) is 0.545. The molecule has 4 aromatic carbocycles. The van der Waals surface area contributed by atoms with E-state index in [4.69, 9.17) is 0 Å². The third-order valence-corrected chi connectivity index (χ3v) is 4.75. The Kier molecular flexibility index (Phi) is 3.95. The van der Waals surface area contributed by atoms with E-state index in [1.165, 1.54) is 5.39 Å². The first kappa shape index (κ1) is 15.4. The number of carboxylic acids is 1. The number of aliphatic carboxylic acids is 1. The molecule has 0 heterocycles. The highest BCUT2D eigenvalue weighted by atomic mass is 16.4. The highest BCUT2D eigenvalue weighted by Gasteiger charge is 2.22. The second-order valence-electron chi connectivity index (χ2n) is 6.34. The van der Waals surface area contributed by atoms with Crippen molar-refractivity contribution < 1.29 is 9.90 Å². The SMILES string of the molecule is O=C(O)C(Cc1ccc2ccccc2c1)c1cccc2ccccc12. The summed E-state index contributed by atoms with van der Waals surface area (Å²) >= 11 is 0. The van der Waals surface area contributed by atoms with Crippen LogP contribution < -0.4 is 0 Å². The molecule has 0 saturated heterocycles. The molecule has 0 radical (unpaired) electrons. The van der Waals surface area contributed by atoms with Crippen molar-refractivity contribution >= 4 is 27.5 Å². The third kappa shape index (κ3) is 2.99. The van der Waals surface area contributed by atoms with E-state index in [9.17, 15) is 9.90 Å². The predicted molar refractivity (Wildman–Crippen MR) is 102 cm³/mol. The summed E-state index contributed by atoms with van der Waals surface area (Å²) < 4.78 is 0. The number of rotatable bonds is 4. The molecule has 25 heavy (non-hydrogen) atoms. The number of hydrogen-bond acceptors (Lipinski definition) is 1. The van der Waals surface area contributed by atoms with Gasteiger partial charge >= 0.3 is 5.97 Å². The summed E-state index contributed by atoms with van der Waals surface area (Å²) in [6.07, 6.45) is 0.480. The van der Waals surface area contributed by atoms with Gasteiger partial charge in [-0.1, -0.05) is 84.9 Å². The van der Waals surface area contributed by atoms with E-state index in [1.807, 2.05) is 60.7 Å². The van der Waals surface area contributed by atoms with E-state index >= 15 is 0 Å². The van der Waals surface area contributed by atoms with Crippen molar-refractivity contribution in [3.05, 3.63) is 96.1 Å². The highest BCUT2D eigenvalue weighted by Crippen LogP contribution is 2.29. The number of hydrogen-bond donors (Lipinski definition) is 1. The summed E-state index contributed by atoms with van der Waals surface area (Å²) in [6, 6.07) is 28.2. The van der Waals surface area contributed by atoms with Crippen LogP contribution in [0, 0.1) is 0 Å². The molecule has 0 bridgehead atoms. The molecule has 0 spiro atoms. The molecule has 2 heteroatoms. The maximum Gasteiger partial charge on any atom is 0.311 e. The van der Waals surface area contributed by atoms with Crippen LogP contribution in [0.3, 0.4) is 0 Å². The molecule has 1 atom stereocenters. The van der Waals surface area contributed by atoms with E-state index < -0.39 is 11.9 Å². The summed E-state index contributed by atoms with van der Waals surface area (Å²) in [5, 5.41) is 14.3. The van der Waals surface area contributed by atoms with Crippen molar-refractivity contribution in [2.45, 2.75) is 12.3 Å². The zero-order chi connectivity index (χ0) is 17.2. The van der Waals surface area contributed by atoms with Crippen molar-refractivity contribution in [2.24, 2.45) is 0 Å². The molecular weight excluding hydrogens is 308 g/mol. The van der Waals surface area contributed by atoms with Gasteiger partial charge in [0.25, 0.3) is 0 Å². The largest absolute Gasteiger partial charge is 0.481 e. The zero-order valence-electron chi connectivity index (χ0n) is 13.7. The minimum absolute atomic E-state index is 0.480. The Labute approximate surface area is 146 Å². The van der Waals surface area contributed by atoms with Crippen LogP contribution >= 0.6 is 0 Å². The van der Waals surface area contributed by atoms with Crippen LogP contribution in [-0.4, -0.2) is 11.1 Å². The lowest BCUT2D eigenvalue weighted by atomic mass is 9.88. The second kappa shape index (κ2) is 6.40. The first-order valence-corrected chi connectivity index (χ1v) is 8.40. The first-order valence-electron chi connectivity index (χ1n) is 8.40. The Balaban J connectivity index is 1.77. The Morgan fingerprint density at radius 1 is 0.760 bits per heavy atom. The summed E-state index contributed by atoms with van der Waals surface area (Å²) in [6.45, 7) is 0. The van der Waals surface area contributed by atoms with Gasteiger partial charge in [-0.15, -0.1) is 0 Å². The molecule has 1 unspecified atom stereocenters. The minimum Gasteiger partial charge on any atom is -0.481 e. The molecule has 1 N–H and O–H groups in total. The minimum atomic E-state index is -0.787. The number of carboxylic acid groups (broad SMARTS) is 1. The van der Waals surface area contributed by atoms with Crippen LogP contribution in [-0.2, 0) is 11.2 Å². The lowest BCUT2D eigenvalue weighted by Gasteiger charge is -2.16. The molecule has 2 nitrogen and oxygen atoms in total. The molecule has 0 amide bonds. The van der Waals surface area contributed by atoms with Gasteiger partial charge in [0.2, 0.25) is 0 Å². The van der Waals surface area contributed by atoms with Gasteiger partial charge in [0.05, 0.1) is 5.92 Å². The molecule has 0 aliphatic carbocycles. The third-order valence-electron chi connectivity index (χ3n) is 4.75. The number of fused-ring (bicyclic) bond motifs is 2. The molecule has 0 aliphatic rings. The molecule has 122 valence electrons. The van der Waals surface area contributed by atoms with Crippen molar-refractivity contribution in [3.63, 3.8) is 0 Å². The van der Waals surface area contributed by atoms with Crippen LogP contribution in [0.15, 0.2) is 84.9 Å². The van der Waals surface area contributed by atoms with Crippen molar-refractivity contribution in [1.29, 1.82) is 0 Å². The fourth-order valence-electron chi connectivity index (χ4n) is 3.49. The molecular formula is C23H18O2. The van der Waals surface area contributed by atoms with Gasteiger partial charge in [0.1, 0.15) is 0 Å². The molecule has 0 aliphatic heterocycles. The Morgan fingerprint density at radius 2 is 1.44 bits per heavy atom. The second-order valence-corrected chi connectivity index (χ2v) is 6.34. The van der Waals surface area contributed by atoms with Crippen LogP contribution in [0.5, 0.6) is 0 Å². The van der Waals surface area contributed by atoms with Crippen molar-refractivity contribution in [2.75, 3.05) is 0 Å². The summed E-state index contributed by atoms with van der Waals surface area (Å²) in [4.78, 5) is 12.0. The molecule has 0 aromatic heterocycles. The lowest BCUT2D eigenvalue weighted by molar-refractivity contribution is -0.138. The van der Waals surface area contributed by atoms with E-state index in [-0.39, 0.29) is 0 Å². The fourth-order valence-corrected chi connectivity index (χ4v) is 3.49. The van der Waals surface area contributed by atoms with Crippen molar-refractivity contribution in [1.82, 2.24) is 0 Å². The van der Waals surface area contributed by atoms with E-state index in [1.54, 1.807) is 0 Å². The summed E-state index contributed by atoms with van der Waals surface area (Å²) in [5.41, 5.74) is 1.91. The summed E-state index contributed by atoms with van der Waals surface area (Å²) in [7, 11) is 0. The van der Waals surface area contributed by atoms with E-state index in [0.29, 0.717) is 6.42 Å². The summed E-state index contributed by atoms with van der Waals surface area (Å²) in [5.74, 6) is -1.35. The normalized spacial score (nSPS) is 12.3. The predicted octanol–water partition coefficient (Wildman–Crippen LogP) is 5.40. The van der Waals surface area contributed by atoms with E-state index in [0.717, 1.165) is 27.3 Å².